The molecule has 0 saturated carbocycles. The molecule has 0 saturated heterocycles. The Bertz CT molecular complexity index is 443. The zero-order valence-electron chi connectivity index (χ0n) is 10.2. The summed E-state index contributed by atoms with van der Waals surface area (Å²) in [7, 11) is 0. The lowest BCUT2D eigenvalue weighted by atomic mass is 10.1. The highest BCUT2D eigenvalue weighted by Crippen LogP contribution is 2.14. The van der Waals surface area contributed by atoms with Gasteiger partial charge in [0.05, 0.1) is 18.2 Å². The van der Waals surface area contributed by atoms with E-state index < -0.39 is 5.97 Å². The van der Waals surface area contributed by atoms with Crippen LogP contribution in [0, 0.1) is 25.2 Å². The van der Waals surface area contributed by atoms with E-state index in [1.807, 2.05) is 18.5 Å². The summed E-state index contributed by atoms with van der Waals surface area (Å²) >= 11 is 0. The van der Waals surface area contributed by atoms with Gasteiger partial charge in [0.25, 0.3) is 0 Å². The van der Waals surface area contributed by atoms with E-state index in [-0.39, 0.29) is 6.42 Å². The Balaban J connectivity index is 2.68. The maximum Gasteiger partial charge on any atom is 0.307 e. The molecule has 0 unspecified atom stereocenters. The first-order chi connectivity index (χ1) is 8.06. The van der Waals surface area contributed by atoms with E-state index in [0.717, 1.165) is 36.3 Å². The lowest BCUT2D eigenvalue weighted by Crippen LogP contribution is -2.05. The lowest BCUT2D eigenvalue weighted by Gasteiger charge is -2.03. The highest BCUT2D eigenvalue weighted by molar-refractivity contribution is 5.70. The molecule has 0 aliphatic rings. The van der Waals surface area contributed by atoms with E-state index in [1.54, 1.807) is 0 Å². The predicted molar refractivity (Wildman–Crippen MR) is 62.5 cm³/mol. The third-order valence-electron chi connectivity index (χ3n) is 2.77. The van der Waals surface area contributed by atoms with Crippen molar-refractivity contribution in [1.29, 1.82) is 5.26 Å². The molecule has 1 aromatic rings. The molecule has 0 fully saturated rings. The Labute approximate surface area is 101 Å². The van der Waals surface area contributed by atoms with Gasteiger partial charge in [-0.3, -0.25) is 9.48 Å². The normalized spacial score (nSPS) is 10.2. The van der Waals surface area contributed by atoms with Crippen molar-refractivity contribution in [2.75, 3.05) is 0 Å². The summed E-state index contributed by atoms with van der Waals surface area (Å²) in [6, 6.07) is 2.10. The second kappa shape index (κ2) is 6.04. The maximum atomic E-state index is 10.7. The van der Waals surface area contributed by atoms with E-state index in [0.29, 0.717) is 6.42 Å². The molecule has 0 radical (unpaired) electrons. The van der Waals surface area contributed by atoms with E-state index in [2.05, 4.69) is 11.2 Å². The number of rotatable bonds is 6. The number of carbonyl (C=O) groups is 1. The van der Waals surface area contributed by atoms with Crippen LogP contribution in [-0.2, 0) is 17.8 Å². The molecule has 5 heteroatoms. The molecule has 1 heterocycles. The number of hydrogen-bond donors (Lipinski definition) is 1. The Morgan fingerprint density at radius 3 is 2.76 bits per heavy atom. The Morgan fingerprint density at radius 1 is 1.47 bits per heavy atom. The van der Waals surface area contributed by atoms with Gasteiger partial charge in [-0.05, 0) is 26.7 Å². The third-order valence-corrected chi connectivity index (χ3v) is 2.77. The van der Waals surface area contributed by atoms with Crippen LogP contribution in [0.5, 0.6) is 0 Å². The second-order valence-corrected chi connectivity index (χ2v) is 4.06. The third kappa shape index (κ3) is 3.59. The lowest BCUT2D eigenvalue weighted by molar-refractivity contribution is -0.136. The SMILES string of the molecule is Cc1nn(CCCCC#N)c(C)c1CC(=O)O. The largest absolute Gasteiger partial charge is 0.481 e. The highest BCUT2D eigenvalue weighted by atomic mass is 16.4. The molecule has 5 nitrogen and oxygen atoms in total. The predicted octanol–water partition coefficient (Wildman–Crippen LogP) is 1.82. The Kier molecular flexibility index (Phi) is 4.70. The van der Waals surface area contributed by atoms with E-state index in [4.69, 9.17) is 10.4 Å². The van der Waals surface area contributed by atoms with Gasteiger partial charge in [0.2, 0.25) is 0 Å². The molecule has 0 bridgehead atoms. The summed E-state index contributed by atoms with van der Waals surface area (Å²) in [6.07, 6.45) is 2.32. The highest BCUT2D eigenvalue weighted by Gasteiger charge is 2.13. The van der Waals surface area contributed by atoms with E-state index in [1.165, 1.54) is 0 Å². The number of aromatic nitrogens is 2. The average Bonchev–Trinajstić information content (AvgIpc) is 2.52. The van der Waals surface area contributed by atoms with Gasteiger partial charge < -0.3 is 5.11 Å². The van der Waals surface area contributed by atoms with E-state index in [9.17, 15) is 4.79 Å². The van der Waals surface area contributed by atoms with Crippen LogP contribution in [0.4, 0.5) is 0 Å². The van der Waals surface area contributed by atoms with Gasteiger partial charge in [0, 0.05) is 24.2 Å². The molecule has 0 aliphatic heterocycles. The van der Waals surface area contributed by atoms with Crippen LogP contribution in [0.1, 0.15) is 36.2 Å². The van der Waals surface area contributed by atoms with E-state index >= 15 is 0 Å². The van der Waals surface area contributed by atoms with Crippen molar-refractivity contribution in [3.8, 4) is 6.07 Å². The molecule has 17 heavy (non-hydrogen) atoms. The first kappa shape index (κ1) is 13.2. The van der Waals surface area contributed by atoms with Crippen molar-refractivity contribution in [1.82, 2.24) is 9.78 Å². The summed E-state index contributed by atoms with van der Waals surface area (Å²) in [4.78, 5) is 10.7. The van der Waals surface area contributed by atoms with Crippen LogP contribution in [0.15, 0.2) is 0 Å². The average molecular weight is 235 g/mol. The minimum Gasteiger partial charge on any atom is -0.481 e. The Hall–Kier alpha value is -1.83. The van der Waals surface area contributed by atoms with Crippen LogP contribution >= 0.6 is 0 Å². The van der Waals surface area contributed by atoms with Crippen LogP contribution in [0.25, 0.3) is 0 Å². The van der Waals surface area contributed by atoms with Crippen LogP contribution in [-0.4, -0.2) is 20.9 Å². The van der Waals surface area contributed by atoms with Gasteiger partial charge in [-0.1, -0.05) is 0 Å². The summed E-state index contributed by atoms with van der Waals surface area (Å²) in [6.45, 7) is 4.47. The summed E-state index contributed by atoms with van der Waals surface area (Å²) in [5, 5.41) is 21.6. The van der Waals surface area contributed by atoms with Gasteiger partial charge in [0.1, 0.15) is 0 Å². The number of unbranched alkanes of at least 4 members (excludes halogenated alkanes) is 2. The van der Waals surface area contributed by atoms with Crippen LogP contribution in [0.3, 0.4) is 0 Å². The van der Waals surface area contributed by atoms with Gasteiger partial charge in [-0.25, -0.2) is 0 Å². The van der Waals surface area contributed by atoms with Gasteiger partial charge >= 0.3 is 5.97 Å². The van der Waals surface area contributed by atoms with Gasteiger partial charge in [-0.2, -0.15) is 10.4 Å². The summed E-state index contributed by atoms with van der Waals surface area (Å²) in [5.41, 5.74) is 2.50. The van der Waals surface area contributed by atoms with Crippen LogP contribution < -0.4 is 0 Å². The van der Waals surface area contributed by atoms with Crippen molar-refractivity contribution in [3.05, 3.63) is 17.0 Å². The fourth-order valence-corrected chi connectivity index (χ4v) is 1.82. The number of carboxylic acid groups (broad SMARTS) is 1. The molecular formula is C12H17N3O2. The van der Waals surface area contributed by atoms with Crippen molar-refractivity contribution in [2.45, 2.75) is 46.1 Å². The van der Waals surface area contributed by atoms with Crippen molar-refractivity contribution in [2.24, 2.45) is 0 Å². The maximum absolute atomic E-state index is 10.7. The van der Waals surface area contributed by atoms with Crippen molar-refractivity contribution in [3.63, 3.8) is 0 Å². The fraction of sp³-hybridized carbons (Fsp3) is 0.583. The van der Waals surface area contributed by atoms with Gasteiger partial charge in [-0.15, -0.1) is 0 Å². The summed E-state index contributed by atoms with van der Waals surface area (Å²) in [5.74, 6) is -0.833. The number of aliphatic carboxylic acids is 1. The number of nitriles is 1. The van der Waals surface area contributed by atoms with Crippen LogP contribution in [0.2, 0.25) is 0 Å². The molecule has 1 N–H and O–H groups in total. The molecular weight excluding hydrogens is 218 g/mol. The zero-order valence-corrected chi connectivity index (χ0v) is 10.2. The summed E-state index contributed by atoms with van der Waals surface area (Å²) < 4.78 is 1.84. The standard InChI is InChI=1S/C12H17N3O2/c1-9-11(8-12(16)17)10(2)15(14-9)7-5-3-4-6-13/h3-5,7-8H2,1-2H3,(H,16,17). The molecule has 92 valence electrons. The smallest absolute Gasteiger partial charge is 0.307 e. The fourth-order valence-electron chi connectivity index (χ4n) is 1.82. The molecule has 0 spiro atoms. The molecule has 1 rings (SSSR count). The first-order valence-corrected chi connectivity index (χ1v) is 5.68. The first-order valence-electron chi connectivity index (χ1n) is 5.68. The molecule has 0 amide bonds. The minimum absolute atomic E-state index is 0.0237. The van der Waals surface area contributed by atoms with Gasteiger partial charge in [0.15, 0.2) is 0 Å². The number of hydrogen-bond acceptors (Lipinski definition) is 3. The Morgan fingerprint density at radius 2 is 2.18 bits per heavy atom. The topological polar surface area (TPSA) is 78.9 Å². The second-order valence-electron chi connectivity index (χ2n) is 4.06. The molecule has 0 aliphatic carbocycles. The number of nitrogens with zero attached hydrogens (tertiary/aromatic N) is 3. The molecule has 0 aromatic carbocycles. The monoisotopic (exact) mass is 235 g/mol. The quantitative estimate of drug-likeness (QED) is 0.763. The molecule has 1 aromatic heterocycles. The number of aryl methyl sites for hydroxylation is 2. The van der Waals surface area contributed by atoms with Crippen molar-refractivity contribution >= 4 is 5.97 Å². The minimum atomic E-state index is -0.833. The van der Waals surface area contributed by atoms with Crippen molar-refractivity contribution < 1.29 is 9.90 Å². The zero-order chi connectivity index (χ0) is 12.8. The molecule has 0 atom stereocenters. The number of carboxylic acids is 1.